The molecule has 2 N–H and O–H groups in total. The molecular weight excluding hydrogens is 558 g/mol. The van der Waals surface area contributed by atoms with Crippen molar-refractivity contribution >= 4 is 17.6 Å². The van der Waals surface area contributed by atoms with Gasteiger partial charge < -0.3 is 34.5 Å². The number of Topliss-reactive ketones (excluding diaryl/α,β-unsaturated/α-hetero) is 1. The van der Waals surface area contributed by atoms with Crippen molar-refractivity contribution in [2.24, 2.45) is 0 Å². The highest BCUT2D eigenvalue weighted by Crippen LogP contribution is 2.20. The van der Waals surface area contributed by atoms with E-state index in [0.29, 0.717) is 52.5 Å². The number of unbranched alkanes of at least 4 members (excludes halogenated alkanes) is 12. The van der Waals surface area contributed by atoms with E-state index >= 15 is 0 Å². The molecule has 1 aliphatic rings. The monoisotopic (exact) mass is 628 g/mol. The van der Waals surface area contributed by atoms with Gasteiger partial charge in [-0.1, -0.05) is 84.0 Å². The second kappa shape index (κ2) is 32.8. The summed E-state index contributed by atoms with van der Waals surface area (Å²) in [6.07, 6.45) is 20.9. The van der Waals surface area contributed by atoms with E-state index in [2.05, 4.69) is 17.6 Å². The number of carbonyl (C=O) groups excluding carboxylic acids is 3. The minimum atomic E-state index is -0.302. The van der Waals surface area contributed by atoms with Gasteiger partial charge in [0.05, 0.1) is 26.4 Å². The smallest absolute Gasteiger partial charge is 0.242 e. The highest BCUT2D eigenvalue weighted by molar-refractivity contribution is 5.88. The van der Waals surface area contributed by atoms with Crippen LogP contribution < -0.4 is 10.6 Å². The number of nitrogens with zero attached hydrogens (tertiary/aromatic N) is 1. The zero-order valence-electron chi connectivity index (χ0n) is 29.1. The summed E-state index contributed by atoms with van der Waals surface area (Å²) in [6, 6.07) is -0.302. The standard InChI is InChI=1S/C32H63N3O5.C3H6O/c1-3-4-5-6-7-8-9-10-11-12-13-14-15-20-31(36)35-23-16-19-30(35)32(37)34-22-18-25-39-27-29-40-28-26-38-24-17-21-33-2;1-3(2)4/h30,33H,3-29H2,1-2H3,(H,34,37);1-2H3. The van der Waals surface area contributed by atoms with Gasteiger partial charge in [-0.15, -0.1) is 0 Å². The Hall–Kier alpha value is -1.55. The molecule has 0 saturated carbocycles. The molecule has 1 fully saturated rings. The van der Waals surface area contributed by atoms with E-state index < -0.39 is 0 Å². The molecule has 260 valence electrons. The summed E-state index contributed by atoms with van der Waals surface area (Å²) in [4.78, 5) is 36.7. The van der Waals surface area contributed by atoms with E-state index in [1.54, 1.807) is 0 Å². The van der Waals surface area contributed by atoms with E-state index in [1.807, 2.05) is 11.9 Å². The first-order valence-corrected chi connectivity index (χ1v) is 17.9. The highest BCUT2D eigenvalue weighted by Gasteiger charge is 2.33. The number of hydrogen-bond donors (Lipinski definition) is 2. The van der Waals surface area contributed by atoms with Gasteiger partial charge in [-0.25, -0.2) is 0 Å². The van der Waals surface area contributed by atoms with E-state index in [1.165, 1.54) is 84.5 Å². The molecule has 0 bridgehead atoms. The fraction of sp³-hybridized carbons (Fsp3) is 0.914. The van der Waals surface area contributed by atoms with Crippen LogP contribution in [0.1, 0.15) is 136 Å². The molecule has 0 aliphatic carbocycles. The maximum Gasteiger partial charge on any atom is 0.242 e. The Kier molecular flexibility index (Phi) is 31.7. The molecule has 1 aliphatic heterocycles. The molecule has 0 radical (unpaired) electrons. The largest absolute Gasteiger partial charge is 0.379 e. The first-order valence-electron chi connectivity index (χ1n) is 17.9. The lowest BCUT2D eigenvalue weighted by molar-refractivity contribution is -0.138. The molecule has 0 aromatic heterocycles. The van der Waals surface area contributed by atoms with E-state index in [-0.39, 0.29) is 23.6 Å². The van der Waals surface area contributed by atoms with Crippen LogP contribution in [0.2, 0.25) is 0 Å². The summed E-state index contributed by atoms with van der Waals surface area (Å²) in [7, 11) is 1.94. The van der Waals surface area contributed by atoms with Crippen LogP contribution in [0.5, 0.6) is 0 Å². The van der Waals surface area contributed by atoms with Crippen molar-refractivity contribution in [3.8, 4) is 0 Å². The van der Waals surface area contributed by atoms with Gasteiger partial charge in [-0.05, 0) is 59.5 Å². The fourth-order valence-corrected chi connectivity index (χ4v) is 5.17. The quantitative estimate of drug-likeness (QED) is 0.0949. The zero-order valence-corrected chi connectivity index (χ0v) is 29.1. The second-order valence-corrected chi connectivity index (χ2v) is 12.1. The van der Waals surface area contributed by atoms with Gasteiger partial charge in [-0.3, -0.25) is 9.59 Å². The van der Waals surface area contributed by atoms with Crippen molar-refractivity contribution in [3.63, 3.8) is 0 Å². The molecule has 44 heavy (non-hydrogen) atoms. The van der Waals surface area contributed by atoms with E-state index in [4.69, 9.17) is 14.2 Å². The van der Waals surface area contributed by atoms with Crippen molar-refractivity contribution in [2.75, 3.05) is 66.3 Å². The highest BCUT2D eigenvalue weighted by atomic mass is 16.5. The molecule has 9 nitrogen and oxygen atoms in total. The Morgan fingerprint density at radius 2 is 1.11 bits per heavy atom. The normalized spacial score (nSPS) is 14.4. The van der Waals surface area contributed by atoms with E-state index in [9.17, 15) is 14.4 Å². The number of amides is 2. The van der Waals surface area contributed by atoms with Crippen LogP contribution in [-0.4, -0.2) is 94.9 Å². The summed E-state index contributed by atoms with van der Waals surface area (Å²) >= 11 is 0. The van der Waals surface area contributed by atoms with Gasteiger partial charge >= 0.3 is 0 Å². The summed E-state index contributed by atoms with van der Waals surface area (Å²) < 4.78 is 16.5. The number of carbonyl (C=O) groups is 3. The molecule has 1 atom stereocenters. The topological polar surface area (TPSA) is 106 Å². The Morgan fingerprint density at radius 1 is 0.659 bits per heavy atom. The van der Waals surface area contributed by atoms with Gasteiger partial charge in [0.2, 0.25) is 11.8 Å². The van der Waals surface area contributed by atoms with Crippen molar-refractivity contribution in [1.82, 2.24) is 15.5 Å². The van der Waals surface area contributed by atoms with E-state index in [0.717, 1.165) is 51.7 Å². The number of nitrogens with one attached hydrogen (secondary N) is 2. The van der Waals surface area contributed by atoms with Gasteiger partial charge in [0.25, 0.3) is 0 Å². The first-order chi connectivity index (χ1) is 21.4. The third kappa shape index (κ3) is 28.0. The average Bonchev–Trinajstić information content (AvgIpc) is 3.50. The molecule has 1 saturated heterocycles. The first kappa shape index (κ1) is 42.5. The van der Waals surface area contributed by atoms with Crippen LogP contribution in [0, 0.1) is 0 Å². The van der Waals surface area contributed by atoms with Gasteiger partial charge in [0, 0.05) is 32.7 Å². The van der Waals surface area contributed by atoms with Gasteiger partial charge in [0.1, 0.15) is 11.8 Å². The van der Waals surface area contributed by atoms with Crippen molar-refractivity contribution in [2.45, 2.75) is 142 Å². The van der Waals surface area contributed by atoms with Crippen molar-refractivity contribution in [3.05, 3.63) is 0 Å². The lowest BCUT2D eigenvalue weighted by Gasteiger charge is -2.24. The minimum absolute atomic E-state index is 0.0192. The number of ketones is 1. The fourth-order valence-electron chi connectivity index (χ4n) is 5.17. The molecule has 0 aromatic rings. The maximum atomic E-state index is 12.8. The van der Waals surface area contributed by atoms with Crippen molar-refractivity contribution in [1.29, 1.82) is 0 Å². The van der Waals surface area contributed by atoms with Gasteiger partial charge in [-0.2, -0.15) is 0 Å². The average molecular weight is 628 g/mol. The maximum absolute atomic E-state index is 12.8. The number of rotatable bonds is 29. The van der Waals surface area contributed by atoms with Crippen molar-refractivity contribution < 1.29 is 28.6 Å². The number of hydrogen-bond acceptors (Lipinski definition) is 7. The zero-order chi connectivity index (χ0) is 32.5. The molecule has 1 rings (SSSR count). The lowest BCUT2D eigenvalue weighted by Crippen LogP contribution is -2.46. The predicted molar refractivity (Wildman–Crippen MR) is 180 cm³/mol. The Bertz CT molecular complexity index is 675. The Balaban J connectivity index is 0.00000433. The van der Waals surface area contributed by atoms with Crippen LogP contribution in [-0.2, 0) is 28.6 Å². The molecule has 0 spiro atoms. The molecule has 1 heterocycles. The van der Waals surface area contributed by atoms with Crippen LogP contribution in [0.3, 0.4) is 0 Å². The summed E-state index contributed by atoms with van der Waals surface area (Å²) in [6.45, 7) is 11.2. The predicted octanol–water partition coefficient (Wildman–Crippen LogP) is 6.22. The summed E-state index contributed by atoms with van der Waals surface area (Å²) in [5, 5.41) is 6.09. The molecule has 9 heteroatoms. The van der Waals surface area contributed by atoms with Crippen LogP contribution in [0.15, 0.2) is 0 Å². The molecular formula is C35H69N3O6. The van der Waals surface area contributed by atoms with Crippen LogP contribution in [0.4, 0.5) is 0 Å². The molecule has 2 amide bonds. The Labute approximate surface area is 270 Å². The molecule has 1 unspecified atom stereocenters. The Morgan fingerprint density at radius 3 is 1.61 bits per heavy atom. The van der Waals surface area contributed by atoms with Crippen LogP contribution in [0.25, 0.3) is 0 Å². The van der Waals surface area contributed by atoms with Crippen LogP contribution >= 0.6 is 0 Å². The third-order valence-corrected chi connectivity index (χ3v) is 7.59. The summed E-state index contributed by atoms with van der Waals surface area (Å²) in [5.41, 5.74) is 0. The lowest BCUT2D eigenvalue weighted by atomic mass is 10.0. The number of likely N-dealkylation sites (tertiary alicyclic amines) is 1. The molecule has 0 aromatic carbocycles. The minimum Gasteiger partial charge on any atom is -0.379 e. The third-order valence-electron chi connectivity index (χ3n) is 7.59. The van der Waals surface area contributed by atoms with Gasteiger partial charge in [0.15, 0.2) is 0 Å². The summed E-state index contributed by atoms with van der Waals surface area (Å²) in [5.74, 6) is 0.293. The second-order valence-electron chi connectivity index (χ2n) is 12.1. The number of ether oxygens (including phenoxy) is 3. The SMILES string of the molecule is CC(C)=O.CCCCCCCCCCCCCCCC(=O)N1CCCC1C(=O)NCCCOCCOCCOCCCNC.